The molecule has 0 aliphatic carbocycles. The van der Waals surface area contributed by atoms with Crippen LogP contribution in [0.3, 0.4) is 0 Å². The second-order valence-electron chi connectivity index (χ2n) is 6.44. The minimum Gasteiger partial charge on any atom is -0.347 e. The highest BCUT2D eigenvalue weighted by Gasteiger charge is 2.27. The Labute approximate surface area is 126 Å². The number of quaternary nitrogens is 1. The number of hydrogen-bond acceptors (Lipinski definition) is 1. The Morgan fingerprint density at radius 2 is 2.10 bits per heavy atom. The van der Waals surface area contributed by atoms with E-state index in [2.05, 4.69) is 30.5 Å². The number of aromatic nitrogens is 1. The van der Waals surface area contributed by atoms with E-state index in [9.17, 15) is 4.79 Å². The van der Waals surface area contributed by atoms with Crippen molar-refractivity contribution in [1.29, 1.82) is 0 Å². The Morgan fingerprint density at radius 1 is 1.33 bits per heavy atom. The quantitative estimate of drug-likeness (QED) is 0.859. The van der Waals surface area contributed by atoms with Gasteiger partial charge in [0.15, 0.2) is 0 Å². The van der Waals surface area contributed by atoms with E-state index in [1.165, 1.54) is 24.2 Å². The van der Waals surface area contributed by atoms with Crippen molar-refractivity contribution < 1.29 is 9.69 Å². The van der Waals surface area contributed by atoms with Crippen LogP contribution in [0.15, 0.2) is 24.3 Å². The molecule has 1 aromatic heterocycles. The first-order valence-corrected chi connectivity index (χ1v) is 8.01. The lowest BCUT2D eigenvalue weighted by molar-refractivity contribution is -0.920. The molecule has 112 valence electrons. The number of benzene rings is 1. The Kier molecular flexibility index (Phi) is 3.85. The second-order valence-corrected chi connectivity index (χ2v) is 6.44. The van der Waals surface area contributed by atoms with Gasteiger partial charge in [0.25, 0.3) is 0 Å². The van der Waals surface area contributed by atoms with E-state index in [1.54, 1.807) is 0 Å². The summed E-state index contributed by atoms with van der Waals surface area (Å²) >= 11 is 0. The van der Waals surface area contributed by atoms with Crippen LogP contribution in [-0.2, 0) is 7.05 Å². The summed E-state index contributed by atoms with van der Waals surface area (Å²) in [5, 5.41) is 1.10. The number of Topliss-reactive ketones (excluding diaryl/α,β-unsaturated/α-hetero) is 1. The first-order chi connectivity index (χ1) is 10.1. The highest BCUT2D eigenvalue weighted by Crippen LogP contribution is 2.24. The van der Waals surface area contributed by atoms with Crippen LogP contribution < -0.4 is 4.90 Å². The van der Waals surface area contributed by atoms with E-state index in [0.29, 0.717) is 18.4 Å². The molecule has 3 heteroatoms. The summed E-state index contributed by atoms with van der Waals surface area (Å²) in [6.07, 6.45) is 3.81. The van der Waals surface area contributed by atoms with Crippen molar-refractivity contribution >= 4 is 16.7 Å². The summed E-state index contributed by atoms with van der Waals surface area (Å²) in [6, 6.07) is 8.83. The molecule has 1 unspecified atom stereocenters. The molecule has 2 aromatic rings. The summed E-state index contributed by atoms with van der Waals surface area (Å²) in [4.78, 5) is 14.3. The van der Waals surface area contributed by atoms with Crippen molar-refractivity contribution in [1.82, 2.24) is 4.57 Å². The maximum Gasteiger partial charge on any atom is 0.219 e. The van der Waals surface area contributed by atoms with E-state index < -0.39 is 0 Å². The molecule has 2 atom stereocenters. The van der Waals surface area contributed by atoms with Crippen LogP contribution in [0.2, 0.25) is 0 Å². The molecular formula is C18H25N2O+. The number of hydrogen-bond donors (Lipinski definition) is 1. The Hall–Kier alpha value is -1.61. The number of carbonyl (C=O) groups is 1. The zero-order chi connectivity index (χ0) is 15.0. The predicted octanol–water partition coefficient (Wildman–Crippen LogP) is 2.13. The van der Waals surface area contributed by atoms with E-state index in [1.807, 2.05) is 19.2 Å². The molecule has 1 aliphatic heterocycles. The summed E-state index contributed by atoms with van der Waals surface area (Å²) in [5.41, 5.74) is 3.17. The highest BCUT2D eigenvalue weighted by atomic mass is 16.1. The molecule has 1 aromatic carbocycles. The van der Waals surface area contributed by atoms with Crippen molar-refractivity contribution in [3.63, 3.8) is 0 Å². The summed E-state index contributed by atoms with van der Waals surface area (Å²) in [5.74, 6) is 0.299. The van der Waals surface area contributed by atoms with Gasteiger partial charge in [-0.2, -0.15) is 0 Å². The van der Waals surface area contributed by atoms with Crippen LogP contribution in [0.1, 0.15) is 42.2 Å². The summed E-state index contributed by atoms with van der Waals surface area (Å²) < 4.78 is 2.14. The zero-order valence-electron chi connectivity index (χ0n) is 13.3. The fourth-order valence-corrected chi connectivity index (χ4v) is 3.68. The molecule has 1 N–H and O–H groups in total. The van der Waals surface area contributed by atoms with Crippen LogP contribution >= 0.6 is 0 Å². The molecule has 1 saturated heterocycles. The smallest absolute Gasteiger partial charge is 0.219 e. The van der Waals surface area contributed by atoms with Gasteiger partial charge in [-0.1, -0.05) is 18.2 Å². The standard InChI is InChI=1S/C18H24N2O/c1-13-8-6-7-11-20(13)12-17(21)18-14(2)19(3)16-10-5-4-9-15(16)18/h4-5,9-10,13H,6-8,11-12H2,1-3H3/p+1/t13-/m0/s1. The number of aryl methyl sites for hydroxylation is 1. The number of fused-ring (bicyclic) bond motifs is 1. The van der Waals surface area contributed by atoms with Gasteiger partial charge >= 0.3 is 0 Å². The van der Waals surface area contributed by atoms with E-state index >= 15 is 0 Å². The average molecular weight is 285 g/mol. The van der Waals surface area contributed by atoms with Gasteiger partial charge in [0.1, 0.15) is 6.54 Å². The minimum atomic E-state index is 0.299. The van der Waals surface area contributed by atoms with Crippen molar-refractivity contribution in [2.24, 2.45) is 7.05 Å². The fourth-order valence-electron chi connectivity index (χ4n) is 3.68. The number of piperidine rings is 1. The maximum atomic E-state index is 12.9. The summed E-state index contributed by atoms with van der Waals surface area (Å²) in [7, 11) is 2.05. The van der Waals surface area contributed by atoms with Crippen LogP contribution in [0, 0.1) is 6.92 Å². The van der Waals surface area contributed by atoms with Gasteiger partial charge in [-0.15, -0.1) is 0 Å². The van der Waals surface area contributed by atoms with Gasteiger partial charge in [0.05, 0.1) is 18.2 Å². The van der Waals surface area contributed by atoms with E-state index in [4.69, 9.17) is 0 Å². The zero-order valence-corrected chi connectivity index (χ0v) is 13.3. The van der Waals surface area contributed by atoms with Gasteiger partial charge in [-0.25, -0.2) is 0 Å². The Bertz CT molecular complexity index is 671. The number of nitrogens with one attached hydrogen (secondary N) is 1. The third-order valence-corrected chi connectivity index (χ3v) is 5.15. The van der Waals surface area contributed by atoms with Crippen molar-refractivity contribution in [2.45, 2.75) is 39.2 Å². The van der Waals surface area contributed by atoms with E-state index in [-0.39, 0.29) is 0 Å². The maximum absolute atomic E-state index is 12.9. The van der Waals surface area contributed by atoms with Crippen LogP contribution in [0.4, 0.5) is 0 Å². The van der Waals surface area contributed by atoms with Gasteiger partial charge in [0.2, 0.25) is 5.78 Å². The third kappa shape index (κ3) is 2.51. The normalized spacial score (nSPS) is 22.6. The Morgan fingerprint density at radius 3 is 2.86 bits per heavy atom. The predicted molar refractivity (Wildman–Crippen MR) is 86.0 cm³/mol. The minimum absolute atomic E-state index is 0.299. The van der Waals surface area contributed by atoms with Crippen molar-refractivity contribution in [2.75, 3.05) is 13.1 Å². The van der Waals surface area contributed by atoms with E-state index in [0.717, 1.165) is 28.7 Å². The van der Waals surface area contributed by atoms with Gasteiger partial charge in [-0.05, 0) is 39.2 Å². The molecule has 1 fully saturated rings. The van der Waals surface area contributed by atoms with Crippen molar-refractivity contribution in [3.8, 4) is 0 Å². The number of ketones is 1. The molecule has 0 spiro atoms. The van der Waals surface area contributed by atoms with Crippen LogP contribution in [0.5, 0.6) is 0 Å². The molecule has 0 radical (unpaired) electrons. The third-order valence-electron chi connectivity index (χ3n) is 5.15. The van der Waals surface area contributed by atoms with Gasteiger partial charge in [-0.3, -0.25) is 4.79 Å². The molecule has 0 amide bonds. The van der Waals surface area contributed by atoms with Gasteiger partial charge < -0.3 is 9.47 Å². The second kappa shape index (κ2) is 5.64. The first kappa shape index (κ1) is 14.3. The summed E-state index contributed by atoms with van der Waals surface area (Å²) in [6.45, 7) is 6.10. The molecule has 3 rings (SSSR count). The SMILES string of the molecule is Cc1c(C(=O)C[NH+]2CCCC[C@@H]2C)c2ccccc2n1C. The monoisotopic (exact) mass is 285 g/mol. The number of para-hydroxylation sites is 1. The molecule has 1 aliphatic rings. The van der Waals surface area contributed by atoms with Crippen molar-refractivity contribution in [3.05, 3.63) is 35.5 Å². The number of nitrogens with zero attached hydrogens (tertiary/aromatic N) is 1. The topological polar surface area (TPSA) is 26.4 Å². The largest absolute Gasteiger partial charge is 0.347 e. The molecule has 0 saturated carbocycles. The molecule has 0 bridgehead atoms. The molecule has 21 heavy (non-hydrogen) atoms. The van der Waals surface area contributed by atoms with Gasteiger partial charge in [0, 0.05) is 23.6 Å². The average Bonchev–Trinajstić information content (AvgIpc) is 2.74. The Balaban J connectivity index is 1.93. The first-order valence-electron chi connectivity index (χ1n) is 8.01. The highest BCUT2D eigenvalue weighted by molar-refractivity contribution is 6.09. The number of rotatable bonds is 3. The number of likely N-dealkylation sites (tertiary alicyclic amines) is 1. The lowest BCUT2D eigenvalue weighted by atomic mass is 10.0. The fraction of sp³-hybridized carbons (Fsp3) is 0.500. The van der Waals surface area contributed by atoms with Crippen LogP contribution in [-0.4, -0.2) is 29.5 Å². The van der Waals surface area contributed by atoms with Crippen LogP contribution in [0.25, 0.3) is 10.9 Å². The molecular weight excluding hydrogens is 260 g/mol. The lowest BCUT2D eigenvalue weighted by Crippen LogP contribution is -3.16. The molecule has 2 heterocycles. The number of carbonyl (C=O) groups excluding carboxylic acids is 1. The lowest BCUT2D eigenvalue weighted by Gasteiger charge is -2.29. The molecule has 3 nitrogen and oxygen atoms in total.